The number of rotatable bonds is 4. The van der Waals surface area contributed by atoms with E-state index in [-0.39, 0.29) is 0 Å². The third-order valence-electron chi connectivity index (χ3n) is 3.08. The minimum Gasteiger partial charge on any atom is -0.495 e. The molecule has 1 aliphatic rings. The molecule has 17 heavy (non-hydrogen) atoms. The van der Waals surface area contributed by atoms with Crippen LogP contribution in [0, 0.1) is 0 Å². The van der Waals surface area contributed by atoms with E-state index in [2.05, 4.69) is 27.3 Å². The molecule has 94 valence electrons. The van der Waals surface area contributed by atoms with E-state index >= 15 is 0 Å². The molecule has 1 atom stereocenters. The van der Waals surface area contributed by atoms with Gasteiger partial charge in [0.25, 0.3) is 0 Å². The summed E-state index contributed by atoms with van der Waals surface area (Å²) in [6, 6.07) is 4.10. The first kappa shape index (κ1) is 12.7. The van der Waals surface area contributed by atoms with E-state index in [9.17, 15) is 0 Å². The van der Waals surface area contributed by atoms with Gasteiger partial charge in [-0.2, -0.15) is 0 Å². The average molecular weight is 300 g/mol. The van der Waals surface area contributed by atoms with E-state index in [1.54, 1.807) is 7.11 Å². The van der Waals surface area contributed by atoms with Crippen LogP contribution in [0.1, 0.15) is 24.8 Å². The average Bonchev–Trinajstić information content (AvgIpc) is 2.84. The molecule has 0 aliphatic carbocycles. The molecule has 1 aromatic rings. The van der Waals surface area contributed by atoms with Crippen molar-refractivity contribution in [3.8, 4) is 11.5 Å². The maximum Gasteiger partial charge on any atom is 0.136 e. The van der Waals surface area contributed by atoms with Gasteiger partial charge in [-0.3, -0.25) is 0 Å². The van der Waals surface area contributed by atoms with Gasteiger partial charge in [-0.1, -0.05) is 0 Å². The third kappa shape index (κ3) is 2.75. The van der Waals surface area contributed by atoms with Crippen molar-refractivity contribution in [2.24, 2.45) is 0 Å². The predicted molar refractivity (Wildman–Crippen MR) is 72.1 cm³/mol. The zero-order valence-corrected chi connectivity index (χ0v) is 11.8. The highest BCUT2D eigenvalue weighted by atomic mass is 79.9. The van der Waals surface area contributed by atoms with Crippen molar-refractivity contribution < 1.29 is 9.47 Å². The van der Waals surface area contributed by atoms with E-state index in [4.69, 9.17) is 9.47 Å². The van der Waals surface area contributed by atoms with Crippen molar-refractivity contribution in [1.29, 1.82) is 0 Å². The molecule has 3 nitrogen and oxygen atoms in total. The number of hydrogen-bond donors (Lipinski definition) is 1. The van der Waals surface area contributed by atoms with Gasteiger partial charge >= 0.3 is 0 Å². The second-order valence-corrected chi connectivity index (χ2v) is 5.00. The Hall–Kier alpha value is -0.740. The van der Waals surface area contributed by atoms with Gasteiger partial charge in [0.15, 0.2) is 0 Å². The van der Waals surface area contributed by atoms with Crippen LogP contribution in [-0.4, -0.2) is 26.8 Å². The van der Waals surface area contributed by atoms with E-state index in [0.29, 0.717) is 12.5 Å². The van der Waals surface area contributed by atoms with Gasteiger partial charge in [0.1, 0.15) is 11.5 Å². The van der Waals surface area contributed by atoms with Crippen LogP contribution < -0.4 is 14.8 Å². The van der Waals surface area contributed by atoms with E-state index in [1.165, 1.54) is 12.0 Å². The van der Waals surface area contributed by atoms with Crippen LogP contribution in [0.2, 0.25) is 0 Å². The summed E-state index contributed by atoms with van der Waals surface area (Å²) in [5.41, 5.74) is 1.27. The Balaban J connectivity index is 2.37. The summed E-state index contributed by atoms with van der Waals surface area (Å²) in [6.45, 7) is 4.79. The maximum atomic E-state index is 5.72. The lowest BCUT2D eigenvalue weighted by atomic mass is 9.97. The van der Waals surface area contributed by atoms with Gasteiger partial charge in [-0.25, -0.2) is 0 Å². The first-order valence-electron chi connectivity index (χ1n) is 5.97. The van der Waals surface area contributed by atoms with Crippen molar-refractivity contribution in [3.05, 3.63) is 22.2 Å². The van der Waals surface area contributed by atoms with Crippen molar-refractivity contribution >= 4 is 15.9 Å². The number of hydrogen-bond acceptors (Lipinski definition) is 3. The van der Waals surface area contributed by atoms with Crippen molar-refractivity contribution in [3.63, 3.8) is 0 Å². The Kier molecular flexibility index (Phi) is 4.29. The standard InChI is InChI=1S/C13H18BrNO2/c1-3-17-12-7-13(16-2)11(14)6-10(12)9-4-5-15-8-9/h6-7,9,15H,3-5,8H2,1-2H3. The van der Waals surface area contributed by atoms with Crippen LogP contribution >= 0.6 is 15.9 Å². The lowest BCUT2D eigenvalue weighted by Crippen LogP contribution is -2.09. The van der Waals surface area contributed by atoms with Crippen LogP contribution in [0.15, 0.2) is 16.6 Å². The molecule has 2 rings (SSSR count). The normalized spacial score (nSPS) is 19.4. The summed E-state index contributed by atoms with van der Waals surface area (Å²) >= 11 is 3.54. The molecule has 4 heteroatoms. The van der Waals surface area contributed by atoms with Gasteiger partial charge < -0.3 is 14.8 Å². The monoisotopic (exact) mass is 299 g/mol. The SMILES string of the molecule is CCOc1cc(OC)c(Br)cc1C1CCNC1. The molecule has 1 saturated heterocycles. The van der Waals surface area contributed by atoms with Crippen LogP contribution in [0.4, 0.5) is 0 Å². The van der Waals surface area contributed by atoms with Gasteiger partial charge in [0.05, 0.1) is 18.2 Å². The Bertz CT molecular complexity index is 389. The van der Waals surface area contributed by atoms with Gasteiger partial charge in [0.2, 0.25) is 0 Å². The van der Waals surface area contributed by atoms with Crippen LogP contribution in [0.3, 0.4) is 0 Å². The van der Waals surface area contributed by atoms with Crippen LogP contribution in [0.5, 0.6) is 11.5 Å². The lowest BCUT2D eigenvalue weighted by molar-refractivity contribution is 0.330. The Morgan fingerprint density at radius 2 is 2.24 bits per heavy atom. The summed E-state index contributed by atoms with van der Waals surface area (Å²) in [7, 11) is 1.67. The quantitative estimate of drug-likeness (QED) is 0.927. The summed E-state index contributed by atoms with van der Waals surface area (Å²) in [4.78, 5) is 0. The molecular formula is C13H18BrNO2. The summed E-state index contributed by atoms with van der Waals surface area (Å²) in [5.74, 6) is 2.31. The molecule has 1 heterocycles. The fourth-order valence-corrected chi connectivity index (χ4v) is 2.75. The highest BCUT2D eigenvalue weighted by molar-refractivity contribution is 9.10. The second-order valence-electron chi connectivity index (χ2n) is 4.15. The van der Waals surface area contributed by atoms with Crippen molar-refractivity contribution in [1.82, 2.24) is 5.32 Å². The second kappa shape index (κ2) is 5.74. The van der Waals surface area contributed by atoms with E-state index < -0.39 is 0 Å². The summed E-state index contributed by atoms with van der Waals surface area (Å²) in [6.07, 6.45) is 1.17. The molecule has 1 unspecified atom stereocenters. The molecule has 0 bridgehead atoms. The Morgan fingerprint density at radius 1 is 1.41 bits per heavy atom. The number of halogens is 1. The molecule has 1 fully saturated rings. The Labute approximate surface area is 111 Å². The summed E-state index contributed by atoms with van der Waals surface area (Å²) in [5, 5.41) is 3.39. The fourth-order valence-electron chi connectivity index (χ4n) is 2.23. The van der Waals surface area contributed by atoms with Crippen molar-refractivity contribution in [2.75, 3.05) is 26.8 Å². The zero-order chi connectivity index (χ0) is 12.3. The van der Waals surface area contributed by atoms with Gasteiger partial charge in [-0.05, 0) is 47.4 Å². The van der Waals surface area contributed by atoms with Gasteiger partial charge in [-0.15, -0.1) is 0 Å². The number of ether oxygens (including phenoxy) is 2. The third-order valence-corrected chi connectivity index (χ3v) is 3.70. The molecular weight excluding hydrogens is 282 g/mol. The minimum absolute atomic E-state index is 0.541. The largest absolute Gasteiger partial charge is 0.495 e. The van der Waals surface area contributed by atoms with Crippen LogP contribution in [0.25, 0.3) is 0 Å². The van der Waals surface area contributed by atoms with Crippen LogP contribution in [-0.2, 0) is 0 Å². The van der Waals surface area contributed by atoms with E-state index in [1.807, 2.05) is 13.0 Å². The smallest absolute Gasteiger partial charge is 0.136 e. The van der Waals surface area contributed by atoms with E-state index in [0.717, 1.165) is 29.1 Å². The first-order chi connectivity index (χ1) is 8.26. The fraction of sp³-hybridized carbons (Fsp3) is 0.538. The highest BCUT2D eigenvalue weighted by Gasteiger charge is 2.22. The summed E-state index contributed by atoms with van der Waals surface area (Å²) < 4.78 is 12.0. The molecule has 1 aromatic carbocycles. The molecule has 0 spiro atoms. The zero-order valence-electron chi connectivity index (χ0n) is 10.3. The predicted octanol–water partition coefficient (Wildman–Crippen LogP) is 2.93. The molecule has 1 aliphatic heterocycles. The first-order valence-corrected chi connectivity index (χ1v) is 6.76. The number of benzene rings is 1. The highest BCUT2D eigenvalue weighted by Crippen LogP contribution is 2.38. The number of methoxy groups -OCH3 is 1. The lowest BCUT2D eigenvalue weighted by Gasteiger charge is -2.17. The molecule has 0 radical (unpaired) electrons. The molecule has 1 N–H and O–H groups in total. The maximum absolute atomic E-state index is 5.72. The Morgan fingerprint density at radius 3 is 2.82 bits per heavy atom. The molecule has 0 amide bonds. The topological polar surface area (TPSA) is 30.5 Å². The minimum atomic E-state index is 0.541. The molecule has 0 saturated carbocycles. The van der Waals surface area contributed by atoms with Crippen molar-refractivity contribution in [2.45, 2.75) is 19.3 Å². The van der Waals surface area contributed by atoms with Gasteiger partial charge in [0, 0.05) is 18.5 Å². The number of nitrogens with one attached hydrogen (secondary N) is 1. The molecule has 0 aromatic heterocycles.